The molecule has 0 bridgehead atoms. The predicted octanol–water partition coefficient (Wildman–Crippen LogP) is 3.48. The highest BCUT2D eigenvalue weighted by Gasteiger charge is 2.20. The smallest absolute Gasteiger partial charge is 0.419 e. The molecular weight excluding hydrogens is 380 g/mol. The molecule has 0 atom stereocenters. The van der Waals surface area contributed by atoms with Gasteiger partial charge in [0, 0.05) is 17.8 Å². The zero-order valence-electron chi connectivity index (χ0n) is 15.3. The van der Waals surface area contributed by atoms with Crippen molar-refractivity contribution in [1.29, 1.82) is 0 Å². The van der Waals surface area contributed by atoms with Crippen molar-refractivity contribution in [3.05, 3.63) is 65.1 Å². The van der Waals surface area contributed by atoms with Crippen LogP contribution in [0.15, 0.2) is 68.7 Å². The van der Waals surface area contributed by atoms with Crippen molar-refractivity contribution in [3.63, 3.8) is 0 Å². The molecule has 28 heavy (non-hydrogen) atoms. The van der Waals surface area contributed by atoms with Crippen LogP contribution < -0.4 is 15.2 Å². The van der Waals surface area contributed by atoms with Gasteiger partial charge in [-0.2, -0.15) is 0 Å². The number of hydrogen-bond donors (Lipinski definition) is 1. The maximum Gasteiger partial charge on any atom is 0.419 e. The van der Waals surface area contributed by atoms with Crippen molar-refractivity contribution in [2.24, 2.45) is 7.05 Å². The lowest BCUT2D eigenvalue weighted by atomic mass is 10.1. The van der Waals surface area contributed by atoms with E-state index in [0.717, 1.165) is 5.39 Å². The summed E-state index contributed by atoms with van der Waals surface area (Å²) in [5.41, 5.74) is 1.23. The Hall–Kier alpha value is -3.26. The average Bonchev–Trinajstić information content (AvgIpc) is 2.96. The third-order valence-corrected chi connectivity index (χ3v) is 5.92. The molecule has 0 radical (unpaired) electrons. The van der Waals surface area contributed by atoms with E-state index in [2.05, 4.69) is 4.72 Å². The SMILES string of the molecule is CCOc1ccc(S(=O)(=O)Nc2ccc3oc(=O)n(C)c3c2)c2ccccc12. The van der Waals surface area contributed by atoms with Crippen molar-refractivity contribution < 1.29 is 17.6 Å². The molecule has 0 unspecified atom stereocenters. The van der Waals surface area contributed by atoms with Gasteiger partial charge < -0.3 is 9.15 Å². The summed E-state index contributed by atoms with van der Waals surface area (Å²) in [6.45, 7) is 2.36. The van der Waals surface area contributed by atoms with E-state index < -0.39 is 15.8 Å². The summed E-state index contributed by atoms with van der Waals surface area (Å²) >= 11 is 0. The number of benzene rings is 3. The number of sulfonamides is 1. The summed E-state index contributed by atoms with van der Waals surface area (Å²) in [6.07, 6.45) is 0. The fourth-order valence-corrected chi connectivity index (χ4v) is 4.42. The standard InChI is InChI=1S/C20H18N2O5S/c1-3-26-17-10-11-19(15-7-5-4-6-14(15)17)28(24,25)21-13-8-9-18-16(12-13)22(2)20(23)27-18/h4-12,21H,3H2,1-2H3. The van der Waals surface area contributed by atoms with Crippen LogP contribution in [0.4, 0.5) is 5.69 Å². The van der Waals surface area contributed by atoms with Crippen LogP contribution in [0.1, 0.15) is 6.92 Å². The molecule has 0 saturated heterocycles. The molecule has 0 aliphatic carbocycles. The molecule has 0 amide bonds. The van der Waals surface area contributed by atoms with Crippen LogP contribution in [0.25, 0.3) is 21.9 Å². The van der Waals surface area contributed by atoms with Crippen molar-refractivity contribution in [1.82, 2.24) is 4.57 Å². The predicted molar refractivity (Wildman–Crippen MR) is 107 cm³/mol. The van der Waals surface area contributed by atoms with E-state index >= 15 is 0 Å². The summed E-state index contributed by atoms with van der Waals surface area (Å²) in [7, 11) is -2.31. The van der Waals surface area contributed by atoms with Crippen LogP contribution in [0.2, 0.25) is 0 Å². The number of aromatic nitrogens is 1. The van der Waals surface area contributed by atoms with Crippen LogP contribution in [0.5, 0.6) is 5.75 Å². The van der Waals surface area contributed by atoms with Crippen LogP contribution >= 0.6 is 0 Å². The molecule has 3 aromatic carbocycles. The number of hydrogen-bond acceptors (Lipinski definition) is 5. The molecule has 7 nitrogen and oxygen atoms in total. The number of nitrogens with one attached hydrogen (secondary N) is 1. The fraction of sp³-hybridized carbons (Fsp3) is 0.150. The minimum Gasteiger partial charge on any atom is -0.493 e. The van der Waals surface area contributed by atoms with Gasteiger partial charge in [0.15, 0.2) is 5.58 Å². The van der Waals surface area contributed by atoms with Crippen LogP contribution in [-0.2, 0) is 17.1 Å². The van der Waals surface area contributed by atoms with Gasteiger partial charge in [-0.15, -0.1) is 0 Å². The Morgan fingerprint density at radius 1 is 1.07 bits per heavy atom. The van der Waals surface area contributed by atoms with Gasteiger partial charge in [-0.1, -0.05) is 24.3 Å². The van der Waals surface area contributed by atoms with Gasteiger partial charge in [0.05, 0.1) is 22.7 Å². The molecule has 8 heteroatoms. The van der Waals surface area contributed by atoms with Crippen LogP contribution in [0, 0.1) is 0 Å². The minimum atomic E-state index is -3.87. The van der Waals surface area contributed by atoms with E-state index in [9.17, 15) is 13.2 Å². The lowest BCUT2D eigenvalue weighted by Gasteiger charge is -2.13. The zero-order chi connectivity index (χ0) is 19.9. The van der Waals surface area contributed by atoms with Gasteiger partial charge in [0.1, 0.15) is 5.75 Å². The Kier molecular flexibility index (Phi) is 4.35. The van der Waals surface area contributed by atoms with Gasteiger partial charge >= 0.3 is 5.76 Å². The fourth-order valence-electron chi connectivity index (χ4n) is 3.16. The van der Waals surface area contributed by atoms with Gasteiger partial charge in [-0.05, 0) is 37.3 Å². The van der Waals surface area contributed by atoms with Gasteiger partial charge in [0.2, 0.25) is 0 Å². The molecule has 0 spiro atoms. The lowest BCUT2D eigenvalue weighted by molar-refractivity contribution is 0.344. The Balaban J connectivity index is 1.80. The monoisotopic (exact) mass is 398 g/mol. The molecule has 0 fully saturated rings. The molecule has 144 valence electrons. The third-order valence-electron chi connectivity index (χ3n) is 4.48. The Labute approximate surface area is 161 Å². The largest absolute Gasteiger partial charge is 0.493 e. The second kappa shape index (κ2) is 6.72. The first kappa shape index (κ1) is 18.1. The van der Waals surface area contributed by atoms with Gasteiger partial charge in [-0.3, -0.25) is 9.29 Å². The second-order valence-electron chi connectivity index (χ2n) is 6.26. The first-order chi connectivity index (χ1) is 13.4. The first-order valence-electron chi connectivity index (χ1n) is 8.67. The number of oxazole rings is 1. The van der Waals surface area contributed by atoms with E-state index in [-0.39, 0.29) is 4.90 Å². The van der Waals surface area contributed by atoms with Crippen molar-refractivity contribution in [2.45, 2.75) is 11.8 Å². The summed E-state index contributed by atoms with van der Waals surface area (Å²) in [4.78, 5) is 11.8. The van der Waals surface area contributed by atoms with Crippen molar-refractivity contribution in [2.75, 3.05) is 11.3 Å². The van der Waals surface area contributed by atoms with E-state index in [1.165, 1.54) is 10.6 Å². The third kappa shape index (κ3) is 3.01. The van der Waals surface area contributed by atoms with E-state index in [1.807, 2.05) is 19.1 Å². The number of ether oxygens (including phenoxy) is 1. The lowest BCUT2D eigenvalue weighted by Crippen LogP contribution is -2.14. The van der Waals surface area contributed by atoms with E-state index in [0.29, 0.717) is 34.5 Å². The number of aryl methyl sites for hydroxylation is 1. The Morgan fingerprint density at radius 2 is 1.82 bits per heavy atom. The quantitative estimate of drug-likeness (QED) is 0.556. The number of anilines is 1. The first-order valence-corrected chi connectivity index (χ1v) is 10.2. The Morgan fingerprint density at radius 3 is 2.57 bits per heavy atom. The summed E-state index contributed by atoms with van der Waals surface area (Å²) in [6, 6.07) is 15.1. The minimum absolute atomic E-state index is 0.146. The number of nitrogens with zero attached hydrogens (tertiary/aromatic N) is 1. The molecule has 0 aliphatic rings. The van der Waals surface area contributed by atoms with Gasteiger partial charge in [-0.25, -0.2) is 13.2 Å². The highest BCUT2D eigenvalue weighted by atomic mass is 32.2. The van der Waals surface area contributed by atoms with E-state index in [4.69, 9.17) is 9.15 Å². The Bertz CT molecular complexity index is 1350. The summed E-state index contributed by atoms with van der Waals surface area (Å²) in [5.74, 6) is 0.124. The van der Waals surface area contributed by atoms with Gasteiger partial charge in [0.25, 0.3) is 10.0 Å². The summed E-state index contributed by atoms with van der Waals surface area (Å²) in [5, 5.41) is 1.29. The molecule has 0 aliphatic heterocycles. The zero-order valence-corrected chi connectivity index (χ0v) is 16.1. The normalized spacial score (nSPS) is 11.8. The molecule has 1 heterocycles. The maximum atomic E-state index is 13.1. The molecular formula is C20H18N2O5S. The second-order valence-corrected chi connectivity index (χ2v) is 7.91. The molecule has 1 aromatic heterocycles. The molecule has 0 saturated carbocycles. The molecule has 4 rings (SSSR count). The average molecular weight is 398 g/mol. The highest BCUT2D eigenvalue weighted by molar-refractivity contribution is 7.93. The van der Waals surface area contributed by atoms with Crippen molar-refractivity contribution in [3.8, 4) is 5.75 Å². The van der Waals surface area contributed by atoms with Crippen molar-refractivity contribution >= 4 is 37.6 Å². The molecule has 4 aromatic rings. The number of fused-ring (bicyclic) bond motifs is 2. The highest BCUT2D eigenvalue weighted by Crippen LogP contribution is 2.32. The van der Waals surface area contributed by atoms with Crippen LogP contribution in [0.3, 0.4) is 0 Å². The topological polar surface area (TPSA) is 90.5 Å². The molecule has 1 N–H and O–H groups in total. The van der Waals surface area contributed by atoms with E-state index in [1.54, 1.807) is 43.4 Å². The van der Waals surface area contributed by atoms with Crippen LogP contribution in [-0.4, -0.2) is 19.6 Å². The summed E-state index contributed by atoms with van der Waals surface area (Å²) < 4.78 is 40.7. The number of rotatable bonds is 5. The maximum absolute atomic E-state index is 13.1.